The van der Waals surface area contributed by atoms with Gasteiger partial charge in [-0.05, 0) is 16.7 Å². The third kappa shape index (κ3) is 8.74. The van der Waals surface area contributed by atoms with Gasteiger partial charge in [-0.15, -0.1) is 39.7 Å². The van der Waals surface area contributed by atoms with Crippen LogP contribution in [0.2, 0.25) is 0 Å². The van der Waals surface area contributed by atoms with Crippen LogP contribution in [0.15, 0.2) is 146 Å². The van der Waals surface area contributed by atoms with Crippen LogP contribution in [-0.2, 0) is 26.2 Å². The van der Waals surface area contributed by atoms with Crippen molar-refractivity contribution in [2.45, 2.75) is 5.54 Å². The van der Waals surface area contributed by atoms with Crippen LogP contribution < -0.4 is 24.8 Å². The van der Waals surface area contributed by atoms with Gasteiger partial charge in [0.2, 0.25) is 0 Å². The summed E-state index contributed by atoms with van der Waals surface area (Å²) in [6.45, 7) is 0. The number of hydrogen-bond acceptors (Lipinski definition) is 0. The van der Waals surface area contributed by atoms with E-state index < -0.39 is 0 Å². The molecule has 0 saturated carbocycles. The van der Waals surface area contributed by atoms with E-state index >= 15 is 0 Å². The van der Waals surface area contributed by atoms with Crippen LogP contribution in [0.1, 0.15) is 16.7 Å². The molecule has 35 heavy (non-hydrogen) atoms. The van der Waals surface area contributed by atoms with E-state index in [0.717, 1.165) is 0 Å². The Balaban J connectivity index is 0.000000273. The van der Waals surface area contributed by atoms with Crippen molar-refractivity contribution >= 4 is 31.8 Å². The first-order chi connectivity index (χ1) is 15.8. The first-order valence-corrected chi connectivity index (χ1v) is 11.4. The van der Waals surface area contributed by atoms with Gasteiger partial charge in [0.15, 0.2) is 0 Å². The van der Waals surface area contributed by atoms with Crippen molar-refractivity contribution in [3.63, 3.8) is 0 Å². The molecule has 4 heteroatoms. The summed E-state index contributed by atoms with van der Waals surface area (Å²) in [5.74, 6) is 0. The Labute approximate surface area is 243 Å². The average molecular weight is 588 g/mol. The maximum absolute atomic E-state index is 3.75. The Kier molecular flexibility index (Phi) is 14.5. The topological polar surface area (TPSA) is 0 Å². The Bertz CT molecular complexity index is 1220. The number of fused-ring (bicyclic) bond motifs is 3. The predicted octanol–water partition coefficient (Wildman–Crippen LogP) is 2.07. The first-order valence-electron chi connectivity index (χ1n) is 10.8. The van der Waals surface area contributed by atoms with E-state index in [1.165, 1.54) is 32.7 Å². The molecule has 0 unspecified atom stereocenters. The first kappa shape index (κ1) is 30.8. The molecule has 0 aliphatic heterocycles. The van der Waals surface area contributed by atoms with Gasteiger partial charge < -0.3 is 24.8 Å². The summed E-state index contributed by atoms with van der Waals surface area (Å²) >= 11 is 0. The molecule has 0 bridgehead atoms. The fourth-order valence-electron chi connectivity index (χ4n) is 3.71. The summed E-state index contributed by atoms with van der Waals surface area (Å²) in [6, 6.07) is 50.1. The van der Waals surface area contributed by atoms with Gasteiger partial charge in [0, 0.05) is 10.2 Å². The van der Waals surface area contributed by atoms with Crippen LogP contribution in [0, 0.1) is 0 Å². The Morgan fingerprint density at radius 2 is 0.857 bits per heavy atom. The molecule has 0 spiro atoms. The molecule has 0 aliphatic rings. The van der Waals surface area contributed by atoms with E-state index in [-0.39, 0.29) is 56.6 Å². The minimum absolute atomic E-state index is 0. The molecule has 0 aromatic heterocycles. The largest absolute Gasteiger partial charge is 4.00 e. The van der Waals surface area contributed by atoms with Gasteiger partial charge in [-0.3, -0.25) is 0 Å². The Morgan fingerprint density at radius 1 is 0.486 bits per heavy atom. The molecular formula is C31H25Cl2SiZr. The zero-order valence-corrected chi connectivity index (χ0v) is 24.2. The fourth-order valence-corrected chi connectivity index (χ4v) is 4.09. The molecule has 0 N–H and O–H groups in total. The van der Waals surface area contributed by atoms with Gasteiger partial charge in [0.05, 0.1) is 0 Å². The van der Waals surface area contributed by atoms with Crippen LogP contribution in [0.5, 0.6) is 0 Å². The summed E-state index contributed by atoms with van der Waals surface area (Å²) in [6.07, 6.45) is 0. The van der Waals surface area contributed by atoms with Crippen molar-refractivity contribution in [3.05, 3.63) is 157 Å². The summed E-state index contributed by atoms with van der Waals surface area (Å²) < 4.78 is 0. The van der Waals surface area contributed by atoms with Crippen molar-refractivity contribution in [2.75, 3.05) is 0 Å². The standard InChI is InChI=1S/C13H11Si.C13H9.C5H5.2ClH.Zr/c14-13(11-7-3-1-4-8-11)12-9-5-2-6-10-12;1-3-7-12-10(5-1)9-11-6-2-4-8-13(11)12;1-2-4-5-3-1;;;/h1-10,13H;1-9H;1-5H;2*1H;/q;2*-1;;;+4/p-2. The zero-order valence-electron chi connectivity index (χ0n) is 19.2. The average Bonchev–Trinajstić information content (AvgIpc) is 3.57. The van der Waals surface area contributed by atoms with Gasteiger partial charge in [-0.1, -0.05) is 97.1 Å². The van der Waals surface area contributed by atoms with Gasteiger partial charge in [0.25, 0.3) is 0 Å². The SMILES string of the molecule is [Cl-].[Cl-].[Si]C(c1ccccc1)c1ccccc1.[Zr+4].c1cc[cH-]c1.c1ccc2c(c1)[cH-]c1ccccc12. The van der Waals surface area contributed by atoms with Gasteiger partial charge in [0.1, 0.15) is 0 Å². The number of benzene rings is 4. The van der Waals surface area contributed by atoms with E-state index in [1.807, 2.05) is 42.5 Å². The maximum Gasteiger partial charge on any atom is 4.00 e. The number of hydrogen-bond donors (Lipinski definition) is 0. The minimum Gasteiger partial charge on any atom is -1.00 e. The summed E-state index contributed by atoms with van der Waals surface area (Å²) in [5, 5.41) is 5.39. The molecular weight excluding hydrogens is 563 g/mol. The predicted molar refractivity (Wildman–Crippen MR) is 140 cm³/mol. The van der Waals surface area contributed by atoms with Crippen LogP contribution in [-0.4, -0.2) is 10.2 Å². The maximum atomic E-state index is 3.75. The van der Waals surface area contributed by atoms with Crippen LogP contribution in [0.25, 0.3) is 21.5 Å². The molecule has 171 valence electrons. The molecule has 0 fully saturated rings. The van der Waals surface area contributed by atoms with E-state index in [4.69, 9.17) is 0 Å². The molecule has 0 aliphatic carbocycles. The van der Waals surface area contributed by atoms with Gasteiger partial charge in [-0.25, -0.2) is 12.1 Å². The monoisotopic (exact) mass is 585 g/mol. The molecule has 6 aromatic carbocycles. The van der Waals surface area contributed by atoms with E-state index in [1.54, 1.807) is 0 Å². The number of rotatable bonds is 2. The van der Waals surface area contributed by atoms with Gasteiger partial charge >= 0.3 is 26.2 Å². The van der Waals surface area contributed by atoms with E-state index in [0.29, 0.717) is 0 Å². The van der Waals surface area contributed by atoms with Crippen molar-refractivity contribution in [1.29, 1.82) is 0 Å². The summed E-state index contributed by atoms with van der Waals surface area (Å²) in [4.78, 5) is 0. The number of halogens is 2. The molecule has 0 amide bonds. The third-order valence-electron chi connectivity index (χ3n) is 5.34. The Hall–Kier alpha value is -2.22. The second-order valence-electron chi connectivity index (χ2n) is 7.54. The second-order valence-corrected chi connectivity index (χ2v) is 8.11. The van der Waals surface area contributed by atoms with E-state index in [2.05, 4.69) is 113 Å². The van der Waals surface area contributed by atoms with Crippen molar-refractivity contribution in [2.24, 2.45) is 0 Å². The normalized spacial score (nSPS) is 9.43. The smallest absolute Gasteiger partial charge is 1.00 e. The minimum atomic E-state index is 0. The molecule has 3 radical (unpaired) electrons. The van der Waals surface area contributed by atoms with Crippen molar-refractivity contribution < 1.29 is 51.0 Å². The molecule has 0 heterocycles. The van der Waals surface area contributed by atoms with Gasteiger partial charge in [-0.2, -0.15) is 18.2 Å². The molecule has 6 rings (SSSR count). The third-order valence-corrected chi connectivity index (χ3v) is 6.01. The molecule has 0 atom stereocenters. The van der Waals surface area contributed by atoms with Crippen LogP contribution in [0.4, 0.5) is 0 Å². The zero-order chi connectivity index (χ0) is 22.0. The van der Waals surface area contributed by atoms with Crippen LogP contribution >= 0.6 is 0 Å². The molecule has 6 aromatic rings. The van der Waals surface area contributed by atoms with E-state index in [9.17, 15) is 0 Å². The van der Waals surface area contributed by atoms with Crippen LogP contribution in [0.3, 0.4) is 0 Å². The Morgan fingerprint density at radius 3 is 1.23 bits per heavy atom. The quantitative estimate of drug-likeness (QED) is 0.215. The molecule has 0 nitrogen and oxygen atoms in total. The second kappa shape index (κ2) is 16.5. The summed E-state index contributed by atoms with van der Waals surface area (Å²) in [7, 11) is 3.75. The van der Waals surface area contributed by atoms with Crippen molar-refractivity contribution in [3.8, 4) is 0 Å². The fraction of sp³-hybridized carbons (Fsp3) is 0.0323. The van der Waals surface area contributed by atoms with Crippen molar-refractivity contribution in [1.82, 2.24) is 0 Å². The summed E-state index contributed by atoms with van der Waals surface area (Å²) in [5.41, 5.74) is 2.86. The molecule has 0 saturated heterocycles.